The second-order valence-electron chi connectivity index (χ2n) is 9.14. The van der Waals surface area contributed by atoms with Gasteiger partial charge in [-0.05, 0) is 23.7 Å². The Labute approximate surface area is 145 Å². The number of amides is 2. The first kappa shape index (κ1) is 20.9. The number of hydrogen-bond donors (Lipinski definition) is 3. The number of carbonyl (C=O) groups is 2. The minimum absolute atomic E-state index is 0.239. The van der Waals surface area contributed by atoms with Gasteiger partial charge in [0.15, 0.2) is 0 Å². The van der Waals surface area contributed by atoms with Crippen LogP contribution in [0.5, 0.6) is 0 Å². The van der Waals surface area contributed by atoms with Gasteiger partial charge in [0.1, 0.15) is 5.41 Å². The maximum absolute atomic E-state index is 13.4. The fraction of sp³-hybridized carbons (Fsp3) is 0.889. The summed E-state index contributed by atoms with van der Waals surface area (Å²) in [5.41, 5.74) is 3.54. The van der Waals surface area contributed by atoms with Crippen LogP contribution in [0.15, 0.2) is 0 Å². The summed E-state index contributed by atoms with van der Waals surface area (Å²) in [5, 5.41) is 20.0. The number of primary amides is 1. The summed E-state index contributed by atoms with van der Waals surface area (Å²) in [6.07, 6.45) is 1.64. The minimum atomic E-state index is -1.20. The summed E-state index contributed by atoms with van der Waals surface area (Å²) < 4.78 is 0. The predicted octanol–water partition coefficient (Wildman–Crippen LogP) is 1.28. The molecule has 140 valence electrons. The summed E-state index contributed by atoms with van der Waals surface area (Å²) in [7, 11) is 0. The molecule has 0 spiro atoms. The Hall–Kier alpha value is -1.14. The number of hydrogen-bond acceptors (Lipinski definition) is 4. The predicted molar refractivity (Wildman–Crippen MR) is 93.0 cm³/mol. The molecule has 0 aromatic heterocycles. The minimum Gasteiger partial charge on any atom is -0.394 e. The van der Waals surface area contributed by atoms with Gasteiger partial charge in [-0.15, -0.1) is 0 Å². The summed E-state index contributed by atoms with van der Waals surface area (Å²) in [6, 6.07) is -1.03. The van der Waals surface area contributed by atoms with E-state index in [0.717, 1.165) is 6.42 Å². The third-order valence-corrected chi connectivity index (χ3v) is 5.34. The molecule has 1 saturated carbocycles. The van der Waals surface area contributed by atoms with E-state index in [2.05, 4.69) is 0 Å². The Morgan fingerprint density at radius 2 is 1.38 bits per heavy atom. The van der Waals surface area contributed by atoms with Crippen molar-refractivity contribution >= 4 is 11.8 Å². The highest BCUT2D eigenvalue weighted by Crippen LogP contribution is 2.45. The zero-order valence-electron chi connectivity index (χ0n) is 15.9. The molecule has 2 amide bonds. The highest BCUT2D eigenvalue weighted by Gasteiger charge is 2.55. The molecule has 0 saturated heterocycles. The monoisotopic (exact) mass is 342 g/mol. The number of carbonyl (C=O) groups excluding carboxylic acids is 2. The largest absolute Gasteiger partial charge is 0.394 e. The standard InChI is InChI=1S/C18H34N2O4/c1-16(2,3)12(10-21)20(13(11-22)17(4,5)6)15(24)18(14(19)23)8-7-9-18/h12-13,21-22H,7-11H2,1-6H3,(H2,19,23)/t12-,13-/m0/s1. The highest BCUT2D eigenvalue weighted by atomic mass is 16.3. The second-order valence-corrected chi connectivity index (χ2v) is 9.14. The van der Waals surface area contributed by atoms with E-state index in [9.17, 15) is 19.8 Å². The van der Waals surface area contributed by atoms with E-state index < -0.39 is 34.2 Å². The second kappa shape index (κ2) is 7.00. The SMILES string of the molecule is CC(C)(C)[C@H](CO)N(C(=O)C1(C(N)=O)CCC1)[C@@H](CO)C(C)(C)C. The molecule has 0 aromatic rings. The third kappa shape index (κ3) is 3.75. The molecule has 0 aliphatic heterocycles. The van der Waals surface area contributed by atoms with Crippen LogP contribution in [0.2, 0.25) is 0 Å². The van der Waals surface area contributed by atoms with Gasteiger partial charge in [-0.1, -0.05) is 48.0 Å². The van der Waals surface area contributed by atoms with Crippen LogP contribution in [-0.4, -0.2) is 52.2 Å². The third-order valence-electron chi connectivity index (χ3n) is 5.34. The van der Waals surface area contributed by atoms with Crippen LogP contribution < -0.4 is 5.73 Å². The molecular weight excluding hydrogens is 308 g/mol. The van der Waals surface area contributed by atoms with Crippen molar-refractivity contribution in [2.24, 2.45) is 22.0 Å². The van der Waals surface area contributed by atoms with E-state index in [0.29, 0.717) is 12.8 Å². The van der Waals surface area contributed by atoms with Gasteiger partial charge in [0.2, 0.25) is 11.8 Å². The van der Waals surface area contributed by atoms with Crippen LogP contribution in [-0.2, 0) is 9.59 Å². The summed E-state index contributed by atoms with van der Waals surface area (Å²) >= 11 is 0. The fourth-order valence-electron chi connectivity index (χ4n) is 3.40. The smallest absolute Gasteiger partial charge is 0.238 e. The van der Waals surface area contributed by atoms with E-state index in [1.54, 1.807) is 4.90 Å². The highest BCUT2D eigenvalue weighted by molar-refractivity contribution is 6.05. The first-order chi connectivity index (χ1) is 10.8. The summed E-state index contributed by atoms with van der Waals surface area (Å²) in [5.74, 6) is -0.968. The van der Waals surface area contributed by atoms with E-state index in [1.165, 1.54) is 0 Å². The molecule has 24 heavy (non-hydrogen) atoms. The van der Waals surface area contributed by atoms with Crippen LogP contribution in [0.4, 0.5) is 0 Å². The Morgan fingerprint density at radius 1 is 1.00 bits per heavy atom. The van der Waals surface area contributed by atoms with Crippen molar-refractivity contribution in [1.82, 2.24) is 4.90 Å². The van der Waals surface area contributed by atoms with Crippen molar-refractivity contribution in [1.29, 1.82) is 0 Å². The molecule has 1 aliphatic rings. The average Bonchev–Trinajstić information content (AvgIpc) is 2.33. The topological polar surface area (TPSA) is 104 Å². The van der Waals surface area contributed by atoms with Crippen molar-refractivity contribution in [2.45, 2.75) is 72.9 Å². The van der Waals surface area contributed by atoms with Crippen molar-refractivity contribution in [3.05, 3.63) is 0 Å². The molecule has 4 N–H and O–H groups in total. The van der Waals surface area contributed by atoms with Crippen LogP contribution in [0.3, 0.4) is 0 Å². The Balaban J connectivity index is 3.42. The zero-order valence-corrected chi connectivity index (χ0v) is 15.9. The van der Waals surface area contributed by atoms with Gasteiger partial charge in [0.25, 0.3) is 0 Å². The molecule has 0 heterocycles. The molecule has 6 heteroatoms. The van der Waals surface area contributed by atoms with Gasteiger partial charge in [-0.3, -0.25) is 9.59 Å². The molecule has 2 atom stereocenters. The van der Waals surface area contributed by atoms with Gasteiger partial charge in [0.05, 0.1) is 25.3 Å². The van der Waals surface area contributed by atoms with E-state index >= 15 is 0 Å². The molecular formula is C18H34N2O4. The Bertz CT molecular complexity index is 450. The molecule has 1 aliphatic carbocycles. The lowest BCUT2D eigenvalue weighted by Gasteiger charge is -2.51. The molecule has 0 unspecified atom stereocenters. The molecule has 1 fully saturated rings. The number of aliphatic hydroxyl groups is 2. The number of aliphatic hydroxyl groups excluding tert-OH is 2. The van der Waals surface area contributed by atoms with Gasteiger partial charge in [-0.2, -0.15) is 0 Å². The first-order valence-electron chi connectivity index (χ1n) is 8.67. The van der Waals surface area contributed by atoms with Crippen molar-refractivity contribution in [3.8, 4) is 0 Å². The van der Waals surface area contributed by atoms with Crippen LogP contribution in [0.1, 0.15) is 60.8 Å². The first-order valence-corrected chi connectivity index (χ1v) is 8.67. The van der Waals surface area contributed by atoms with Crippen LogP contribution in [0, 0.1) is 16.2 Å². The van der Waals surface area contributed by atoms with Crippen molar-refractivity contribution in [3.63, 3.8) is 0 Å². The molecule has 0 aromatic carbocycles. The molecule has 0 radical (unpaired) electrons. The average molecular weight is 342 g/mol. The van der Waals surface area contributed by atoms with Gasteiger partial charge < -0.3 is 20.8 Å². The summed E-state index contributed by atoms with van der Waals surface area (Å²) in [6.45, 7) is 11.1. The lowest BCUT2D eigenvalue weighted by Crippen LogP contribution is -2.65. The number of nitrogens with zero attached hydrogens (tertiary/aromatic N) is 1. The van der Waals surface area contributed by atoms with E-state index in [-0.39, 0.29) is 19.1 Å². The Morgan fingerprint density at radius 3 is 1.54 bits per heavy atom. The maximum atomic E-state index is 13.4. The molecule has 1 rings (SSSR count). The molecule has 6 nitrogen and oxygen atoms in total. The van der Waals surface area contributed by atoms with Crippen molar-refractivity contribution < 1.29 is 19.8 Å². The molecule has 0 bridgehead atoms. The van der Waals surface area contributed by atoms with Crippen LogP contribution in [0.25, 0.3) is 0 Å². The number of nitrogens with two attached hydrogens (primary N) is 1. The normalized spacial score (nSPS) is 20.0. The quantitative estimate of drug-likeness (QED) is 0.633. The summed E-state index contributed by atoms with van der Waals surface area (Å²) in [4.78, 5) is 27.0. The van der Waals surface area contributed by atoms with Crippen LogP contribution >= 0.6 is 0 Å². The van der Waals surface area contributed by atoms with Gasteiger partial charge >= 0.3 is 0 Å². The fourth-order valence-corrected chi connectivity index (χ4v) is 3.40. The van der Waals surface area contributed by atoms with Gasteiger partial charge in [0, 0.05) is 0 Å². The zero-order chi connectivity index (χ0) is 18.9. The lowest BCUT2D eigenvalue weighted by molar-refractivity contribution is -0.167. The maximum Gasteiger partial charge on any atom is 0.238 e. The number of rotatable bonds is 6. The van der Waals surface area contributed by atoms with E-state index in [4.69, 9.17) is 5.73 Å². The van der Waals surface area contributed by atoms with Gasteiger partial charge in [-0.25, -0.2) is 0 Å². The lowest BCUT2D eigenvalue weighted by atomic mass is 9.66. The Kier molecular flexibility index (Phi) is 6.10. The van der Waals surface area contributed by atoms with Crippen molar-refractivity contribution in [2.75, 3.05) is 13.2 Å². The van der Waals surface area contributed by atoms with E-state index in [1.807, 2.05) is 41.5 Å².